The van der Waals surface area contributed by atoms with Crippen LogP contribution in [0, 0.1) is 18.3 Å². The van der Waals surface area contributed by atoms with E-state index in [0.29, 0.717) is 35.3 Å². The highest BCUT2D eigenvalue weighted by Crippen LogP contribution is 2.57. The van der Waals surface area contributed by atoms with Crippen LogP contribution in [-0.4, -0.2) is 18.1 Å². The SMILES string of the molecule is CC(C)c1ccc2c(c1)CCC1C(C)(C(N)=O)CCCC21C.COc1cc(O)c2c(=O)cc(C)oc2c1CC=C(C)C. The third kappa shape index (κ3) is 5.73. The van der Waals surface area contributed by atoms with Gasteiger partial charge in [-0.25, -0.2) is 0 Å². The van der Waals surface area contributed by atoms with Crippen molar-refractivity contribution in [1.29, 1.82) is 0 Å². The lowest BCUT2D eigenvalue weighted by Gasteiger charge is -2.54. The summed E-state index contributed by atoms with van der Waals surface area (Å²) in [6, 6.07) is 9.86. The number of aromatic hydroxyl groups is 1. The Kier molecular flexibility index (Phi) is 8.96. The smallest absolute Gasteiger partial charge is 0.223 e. The van der Waals surface area contributed by atoms with Crippen LogP contribution in [0.3, 0.4) is 0 Å². The lowest BCUT2D eigenvalue weighted by molar-refractivity contribution is -0.135. The molecule has 1 amide bonds. The zero-order valence-corrected chi connectivity index (χ0v) is 26.5. The molecule has 3 N–H and O–H groups in total. The van der Waals surface area contributed by atoms with Crippen LogP contribution in [0.4, 0.5) is 0 Å². The first kappa shape index (κ1) is 31.4. The van der Waals surface area contributed by atoms with Gasteiger partial charge in [0, 0.05) is 23.1 Å². The molecule has 0 bridgehead atoms. The first-order valence-corrected chi connectivity index (χ1v) is 15.1. The number of carbonyl (C=O) groups excluding carboxylic acids is 1. The Balaban J connectivity index is 0.000000194. The number of primary amides is 1. The molecule has 0 spiro atoms. The van der Waals surface area contributed by atoms with Gasteiger partial charge < -0.3 is 20.0 Å². The summed E-state index contributed by atoms with van der Waals surface area (Å²) in [6.45, 7) is 14.7. The summed E-state index contributed by atoms with van der Waals surface area (Å²) in [4.78, 5) is 24.2. The molecule has 42 heavy (non-hydrogen) atoms. The van der Waals surface area contributed by atoms with Crippen molar-refractivity contribution in [2.24, 2.45) is 17.1 Å². The van der Waals surface area contributed by atoms with Crippen LogP contribution < -0.4 is 15.9 Å². The number of hydrogen-bond donors (Lipinski definition) is 2. The lowest BCUT2D eigenvalue weighted by atomic mass is 9.49. The summed E-state index contributed by atoms with van der Waals surface area (Å²) in [5, 5.41) is 10.2. The van der Waals surface area contributed by atoms with E-state index >= 15 is 0 Å². The van der Waals surface area contributed by atoms with Crippen molar-refractivity contribution in [1.82, 2.24) is 0 Å². The number of hydrogen-bond acceptors (Lipinski definition) is 5. The fraction of sp³-hybridized carbons (Fsp3) is 0.500. The minimum absolute atomic E-state index is 0.102. The Morgan fingerprint density at radius 2 is 1.90 bits per heavy atom. The molecule has 0 aliphatic heterocycles. The molecule has 3 unspecified atom stereocenters. The summed E-state index contributed by atoms with van der Waals surface area (Å²) >= 11 is 0. The fourth-order valence-corrected chi connectivity index (χ4v) is 7.31. The summed E-state index contributed by atoms with van der Waals surface area (Å²) in [6.07, 6.45) is 7.99. The monoisotopic (exact) mass is 573 g/mol. The molecule has 6 heteroatoms. The zero-order valence-electron chi connectivity index (χ0n) is 26.5. The molecule has 2 aromatic carbocycles. The Morgan fingerprint density at radius 1 is 1.19 bits per heavy atom. The van der Waals surface area contributed by atoms with E-state index in [1.165, 1.54) is 42.4 Å². The number of ether oxygens (including phenoxy) is 1. The summed E-state index contributed by atoms with van der Waals surface area (Å²) in [5.74, 6) is 1.74. The van der Waals surface area contributed by atoms with Gasteiger partial charge in [0.2, 0.25) is 5.91 Å². The molecule has 5 rings (SSSR count). The van der Waals surface area contributed by atoms with Crippen LogP contribution in [0.1, 0.15) is 101 Å². The van der Waals surface area contributed by atoms with Crippen LogP contribution in [0.15, 0.2) is 51.2 Å². The molecular weight excluding hydrogens is 526 g/mol. The van der Waals surface area contributed by atoms with Crippen LogP contribution in [-0.2, 0) is 23.1 Å². The zero-order chi connectivity index (χ0) is 31.0. The van der Waals surface area contributed by atoms with Gasteiger partial charge >= 0.3 is 0 Å². The van der Waals surface area contributed by atoms with Crippen molar-refractivity contribution in [3.63, 3.8) is 0 Å². The van der Waals surface area contributed by atoms with Crippen molar-refractivity contribution in [3.8, 4) is 11.5 Å². The van der Waals surface area contributed by atoms with E-state index in [0.717, 1.165) is 36.8 Å². The van der Waals surface area contributed by atoms with Crippen molar-refractivity contribution >= 4 is 16.9 Å². The molecule has 2 aliphatic carbocycles. The highest BCUT2D eigenvalue weighted by Gasteiger charge is 2.54. The molecule has 0 radical (unpaired) electrons. The third-order valence-electron chi connectivity index (χ3n) is 9.71. The number of allylic oxidation sites excluding steroid dienone is 2. The molecule has 3 aromatic rings. The van der Waals surface area contributed by atoms with E-state index in [4.69, 9.17) is 14.9 Å². The van der Waals surface area contributed by atoms with Gasteiger partial charge in [-0.15, -0.1) is 0 Å². The van der Waals surface area contributed by atoms with Crippen molar-refractivity contribution < 1.29 is 19.1 Å². The maximum Gasteiger partial charge on any atom is 0.223 e. The number of fused-ring (bicyclic) bond motifs is 4. The van der Waals surface area contributed by atoms with Crippen molar-refractivity contribution in [3.05, 3.63) is 80.2 Å². The Labute approximate surface area is 250 Å². The van der Waals surface area contributed by atoms with Gasteiger partial charge in [-0.2, -0.15) is 0 Å². The Bertz CT molecular complexity index is 1580. The average molecular weight is 574 g/mol. The molecular formula is C36H47NO5. The van der Waals surface area contributed by atoms with Gasteiger partial charge in [-0.3, -0.25) is 9.59 Å². The maximum atomic E-state index is 12.2. The molecule has 3 atom stereocenters. The topological polar surface area (TPSA) is 103 Å². The number of rotatable bonds is 5. The highest BCUT2D eigenvalue weighted by molar-refractivity contribution is 5.88. The second-order valence-electron chi connectivity index (χ2n) is 13.2. The minimum atomic E-state index is -0.346. The maximum absolute atomic E-state index is 12.2. The number of methoxy groups -OCH3 is 1. The molecule has 1 heterocycles. The van der Waals surface area contributed by atoms with Gasteiger partial charge in [-0.05, 0) is 86.8 Å². The van der Waals surface area contributed by atoms with Crippen molar-refractivity contribution in [2.75, 3.05) is 7.11 Å². The summed E-state index contributed by atoms with van der Waals surface area (Å²) in [5.41, 5.74) is 12.0. The lowest BCUT2D eigenvalue weighted by Crippen LogP contribution is -2.54. The van der Waals surface area contributed by atoms with Gasteiger partial charge in [-0.1, -0.05) is 64.0 Å². The van der Waals surface area contributed by atoms with Crippen LogP contribution in [0.25, 0.3) is 11.0 Å². The van der Waals surface area contributed by atoms with E-state index in [9.17, 15) is 14.7 Å². The molecule has 1 saturated carbocycles. The molecule has 0 saturated heterocycles. The van der Waals surface area contributed by atoms with Gasteiger partial charge in [0.1, 0.15) is 28.2 Å². The predicted octanol–water partition coefficient (Wildman–Crippen LogP) is 7.63. The summed E-state index contributed by atoms with van der Waals surface area (Å²) < 4.78 is 11.0. The first-order valence-electron chi connectivity index (χ1n) is 15.1. The van der Waals surface area contributed by atoms with E-state index in [2.05, 4.69) is 45.9 Å². The van der Waals surface area contributed by atoms with Gasteiger partial charge in [0.05, 0.1) is 7.11 Å². The Morgan fingerprint density at radius 3 is 2.52 bits per heavy atom. The fourth-order valence-electron chi connectivity index (χ4n) is 7.31. The first-order chi connectivity index (χ1) is 19.7. The predicted molar refractivity (Wildman–Crippen MR) is 169 cm³/mol. The number of phenols is 1. The molecule has 1 aromatic heterocycles. The minimum Gasteiger partial charge on any atom is -0.507 e. The Hall–Kier alpha value is -3.54. The number of benzene rings is 2. The number of amides is 1. The van der Waals surface area contributed by atoms with Crippen LogP contribution >= 0.6 is 0 Å². The molecule has 226 valence electrons. The highest BCUT2D eigenvalue weighted by atomic mass is 16.5. The second-order valence-corrected chi connectivity index (χ2v) is 13.2. The van der Waals surface area contributed by atoms with E-state index in [-0.39, 0.29) is 33.3 Å². The third-order valence-corrected chi connectivity index (χ3v) is 9.71. The normalized spacial score (nSPS) is 22.9. The van der Waals surface area contributed by atoms with Crippen LogP contribution in [0.2, 0.25) is 0 Å². The molecule has 6 nitrogen and oxygen atoms in total. The largest absolute Gasteiger partial charge is 0.507 e. The average Bonchev–Trinajstić information content (AvgIpc) is 2.91. The van der Waals surface area contributed by atoms with Crippen molar-refractivity contribution in [2.45, 2.75) is 98.3 Å². The van der Waals surface area contributed by atoms with E-state index in [1.54, 1.807) is 6.92 Å². The van der Waals surface area contributed by atoms with E-state index in [1.807, 2.05) is 19.9 Å². The second kappa shape index (κ2) is 12.0. The van der Waals surface area contributed by atoms with Gasteiger partial charge in [0.15, 0.2) is 5.43 Å². The quantitative estimate of drug-likeness (QED) is 0.306. The number of nitrogens with two attached hydrogens (primary N) is 1. The van der Waals surface area contributed by atoms with Gasteiger partial charge in [0.25, 0.3) is 0 Å². The molecule has 1 fully saturated rings. The number of carbonyl (C=O) groups is 1. The van der Waals surface area contributed by atoms with Crippen LogP contribution in [0.5, 0.6) is 11.5 Å². The number of aryl methyl sites for hydroxylation is 2. The standard InChI is InChI=1S/C20H29NO.C16H18O4/c1-13(2)14-6-8-16-15(12-14)7-9-17-19(16,3)10-5-11-20(17,4)18(21)22;1-9(2)5-6-11-14(19-4)8-13(18)15-12(17)7-10(3)20-16(11)15/h6,8,12-13,17H,5,7,9-11H2,1-4H3,(H2,21,22);5,7-8,18H,6H2,1-4H3. The molecule has 2 aliphatic rings. The summed E-state index contributed by atoms with van der Waals surface area (Å²) in [7, 11) is 1.53. The van der Waals surface area contributed by atoms with E-state index < -0.39 is 0 Å². The number of phenolic OH excluding ortho intramolecular Hbond substituents is 1.